The van der Waals surface area contributed by atoms with Gasteiger partial charge >= 0.3 is 5.97 Å². The number of hydrogen-bond donors (Lipinski definition) is 0. The summed E-state index contributed by atoms with van der Waals surface area (Å²) in [4.78, 5) is 23.9. The molecule has 0 fully saturated rings. The summed E-state index contributed by atoms with van der Waals surface area (Å²) in [5, 5.41) is 5.81. The summed E-state index contributed by atoms with van der Waals surface area (Å²) in [6.07, 6.45) is 3.30. The lowest BCUT2D eigenvalue weighted by Crippen LogP contribution is -2.03. The Labute approximate surface area is 123 Å². The molecule has 0 saturated heterocycles. The van der Waals surface area contributed by atoms with Crippen LogP contribution in [-0.4, -0.2) is 32.7 Å². The lowest BCUT2D eigenvalue weighted by atomic mass is 10.3. The number of carbonyl (C=O) groups excluding carboxylic acids is 1. The number of thiazole rings is 1. The summed E-state index contributed by atoms with van der Waals surface area (Å²) in [6, 6.07) is 3.61. The van der Waals surface area contributed by atoms with Crippen LogP contribution in [0.3, 0.4) is 0 Å². The first-order chi connectivity index (χ1) is 10.3. The van der Waals surface area contributed by atoms with Gasteiger partial charge in [-0.3, -0.25) is 4.98 Å². The molecule has 0 aromatic carbocycles. The predicted molar refractivity (Wildman–Crippen MR) is 74.6 cm³/mol. The number of nitrogens with zero attached hydrogens (tertiary/aromatic N) is 4. The van der Waals surface area contributed by atoms with Crippen molar-refractivity contribution in [3.8, 4) is 23.0 Å². The van der Waals surface area contributed by atoms with Crippen molar-refractivity contribution in [2.24, 2.45) is 0 Å². The lowest BCUT2D eigenvalue weighted by Gasteiger charge is -1.95. The van der Waals surface area contributed by atoms with Crippen LogP contribution in [0.2, 0.25) is 0 Å². The maximum atomic E-state index is 11.6. The van der Waals surface area contributed by atoms with E-state index in [1.807, 2.05) is 6.07 Å². The Balaban J connectivity index is 1.85. The van der Waals surface area contributed by atoms with Gasteiger partial charge in [-0.05, 0) is 19.1 Å². The molecule has 0 amide bonds. The van der Waals surface area contributed by atoms with E-state index in [9.17, 15) is 4.79 Å². The second-order valence-electron chi connectivity index (χ2n) is 3.92. The van der Waals surface area contributed by atoms with Crippen molar-refractivity contribution in [2.45, 2.75) is 6.92 Å². The van der Waals surface area contributed by atoms with E-state index in [4.69, 9.17) is 9.26 Å². The summed E-state index contributed by atoms with van der Waals surface area (Å²) in [5.41, 5.74) is 1.19. The molecule has 21 heavy (non-hydrogen) atoms. The Bertz CT molecular complexity index is 754. The minimum Gasteiger partial charge on any atom is -0.461 e. The van der Waals surface area contributed by atoms with E-state index in [1.54, 1.807) is 30.8 Å². The SMILES string of the molecule is CCOC(=O)c1nc(-c2nc(-c3cccnc3)no2)cs1. The zero-order valence-corrected chi connectivity index (χ0v) is 11.8. The lowest BCUT2D eigenvalue weighted by molar-refractivity contribution is 0.0526. The molecule has 0 atom stereocenters. The number of carbonyl (C=O) groups is 1. The van der Waals surface area contributed by atoms with E-state index in [0.717, 1.165) is 5.56 Å². The molecule has 3 aromatic heterocycles. The molecule has 0 aliphatic rings. The second kappa shape index (κ2) is 5.80. The van der Waals surface area contributed by atoms with Gasteiger partial charge in [0.1, 0.15) is 5.69 Å². The Kier molecular flexibility index (Phi) is 3.69. The maximum absolute atomic E-state index is 11.6. The van der Waals surface area contributed by atoms with Gasteiger partial charge in [-0.1, -0.05) is 5.16 Å². The fraction of sp³-hybridized carbons (Fsp3) is 0.154. The third kappa shape index (κ3) is 2.79. The van der Waals surface area contributed by atoms with E-state index in [0.29, 0.717) is 18.1 Å². The van der Waals surface area contributed by atoms with Crippen molar-refractivity contribution in [3.05, 3.63) is 34.9 Å². The largest absolute Gasteiger partial charge is 0.461 e. The van der Waals surface area contributed by atoms with Gasteiger partial charge in [0.2, 0.25) is 10.8 Å². The maximum Gasteiger partial charge on any atom is 0.367 e. The number of aromatic nitrogens is 4. The van der Waals surface area contributed by atoms with E-state index in [1.165, 1.54) is 11.3 Å². The van der Waals surface area contributed by atoms with Crippen LogP contribution in [-0.2, 0) is 4.74 Å². The highest BCUT2D eigenvalue weighted by atomic mass is 32.1. The fourth-order valence-corrected chi connectivity index (χ4v) is 2.28. The molecule has 0 aliphatic carbocycles. The molecular weight excluding hydrogens is 292 g/mol. The molecule has 7 nitrogen and oxygen atoms in total. The average Bonchev–Trinajstić information content (AvgIpc) is 3.17. The highest BCUT2D eigenvalue weighted by Gasteiger charge is 2.17. The van der Waals surface area contributed by atoms with Gasteiger partial charge < -0.3 is 9.26 Å². The van der Waals surface area contributed by atoms with Gasteiger partial charge in [0.15, 0.2) is 0 Å². The van der Waals surface area contributed by atoms with Gasteiger partial charge in [0.05, 0.1) is 6.61 Å². The van der Waals surface area contributed by atoms with E-state index in [2.05, 4.69) is 20.1 Å². The molecular formula is C13H10N4O3S. The molecule has 8 heteroatoms. The molecule has 0 bridgehead atoms. The quantitative estimate of drug-likeness (QED) is 0.683. The van der Waals surface area contributed by atoms with Gasteiger partial charge in [0.25, 0.3) is 5.89 Å². The van der Waals surface area contributed by atoms with Crippen molar-refractivity contribution >= 4 is 17.3 Å². The number of hydrogen-bond acceptors (Lipinski definition) is 8. The highest BCUT2D eigenvalue weighted by molar-refractivity contribution is 7.11. The Morgan fingerprint density at radius 1 is 1.43 bits per heavy atom. The molecule has 3 rings (SSSR count). The second-order valence-corrected chi connectivity index (χ2v) is 4.78. The number of pyridine rings is 1. The van der Waals surface area contributed by atoms with E-state index >= 15 is 0 Å². The van der Waals surface area contributed by atoms with Crippen LogP contribution < -0.4 is 0 Å². The summed E-state index contributed by atoms with van der Waals surface area (Å²) in [6.45, 7) is 2.05. The number of ether oxygens (including phenoxy) is 1. The van der Waals surface area contributed by atoms with Crippen LogP contribution in [0.5, 0.6) is 0 Å². The molecule has 3 heterocycles. The van der Waals surface area contributed by atoms with Crippen LogP contribution in [0.4, 0.5) is 0 Å². The monoisotopic (exact) mass is 302 g/mol. The minimum absolute atomic E-state index is 0.251. The normalized spacial score (nSPS) is 10.5. The van der Waals surface area contributed by atoms with E-state index in [-0.39, 0.29) is 10.9 Å². The van der Waals surface area contributed by atoms with Gasteiger partial charge in [-0.2, -0.15) is 4.98 Å². The van der Waals surface area contributed by atoms with Crippen LogP contribution in [0.15, 0.2) is 34.4 Å². The topological polar surface area (TPSA) is 91.0 Å². The van der Waals surface area contributed by atoms with Crippen molar-refractivity contribution in [1.29, 1.82) is 0 Å². The molecule has 0 radical (unpaired) electrons. The zero-order valence-electron chi connectivity index (χ0n) is 11.0. The Morgan fingerprint density at radius 3 is 3.10 bits per heavy atom. The molecule has 3 aromatic rings. The third-order valence-corrected chi connectivity index (χ3v) is 3.34. The molecule has 0 N–H and O–H groups in total. The Hall–Kier alpha value is -2.61. The van der Waals surface area contributed by atoms with Crippen molar-refractivity contribution in [3.63, 3.8) is 0 Å². The summed E-state index contributed by atoms with van der Waals surface area (Å²) >= 11 is 1.17. The first-order valence-corrected chi connectivity index (χ1v) is 7.03. The summed E-state index contributed by atoms with van der Waals surface area (Å²) in [5.74, 6) is 0.213. The van der Waals surface area contributed by atoms with Gasteiger partial charge in [0, 0.05) is 23.3 Å². The van der Waals surface area contributed by atoms with Gasteiger partial charge in [-0.15, -0.1) is 11.3 Å². The third-order valence-electron chi connectivity index (χ3n) is 2.52. The zero-order chi connectivity index (χ0) is 14.7. The number of esters is 1. The number of rotatable bonds is 4. The van der Waals surface area contributed by atoms with E-state index < -0.39 is 5.97 Å². The standard InChI is InChI=1S/C13H10N4O3S/c1-2-19-13(18)12-15-9(7-21-12)11-16-10(17-20-11)8-4-3-5-14-6-8/h3-7H,2H2,1H3. The van der Waals surface area contributed by atoms with Gasteiger partial charge in [-0.25, -0.2) is 9.78 Å². The summed E-state index contributed by atoms with van der Waals surface area (Å²) in [7, 11) is 0. The fourth-order valence-electron chi connectivity index (χ4n) is 1.60. The predicted octanol–water partition coefficient (Wildman–Crippen LogP) is 2.43. The van der Waals surface area contributed by atoms with Crippen LogP contribution in [0.25, 0.3) is 23.0 Å². The molecule has 0 aliphatic heterocycles. The molecule has 0 saturated carbocycles. The molecule has 0 spiro atoms. The smallest absolute Gasteiger partial charge is 0.367 e. The van der Waals surface area contributed by atoms with Crippen LogP contribution >= 0.6 is 11.3 Å². The van der Waals surface area contributed by atoms with Crippen LogP contribution in [0, 0.1) is 0 Å². The average molecular weight is 302 g/mol. The van der Waals surface area contributed by atoms with Crippen molar-refractivity contribution in [1.82, 2.24) is 20.1 Å². The highest BCUT2D eigenvalue weighted by Crippen LogP contribution is 2.23. The first-order valence-electron chi connectivity index (χ1n) is 6.15. The summed E-state index contributed by atoms with van der Waals surface area (Å²) < 4.78 is 10.0. The Morgan fingerprint density at radius 2 is 2.33 bits per heavy atom. The minimum atomic E-state index is -0.458. The molecule has 106 valence electrons. The first kappa shape index (κ1) is 13.4. The van der Waals surface area contributed by atoms with Crippen molar-refractivity contribution < 1.29 is 14.1 Å². The van der Waals surface area contributed by atoms with Crippen molar-refractivity contribution in [2.75, 3.05) is 6.61 Å². The van der Waals surface area contributed by atoms with Crippen LogP contribution in [0.1, 0.15) is 16.7 Å². The molecule has 0 unspecified atom stereocenters.